The van der Waals surface area contributed by atoms with Gasteiger partial charge in [-0.3, -0.25) is 0 Å². The Kier molecular flexibility index (Phi) is 5.80. The minimum atomic E-state index is -3.08. The van der Waals surface area contributed by atoms with Gasteiger partial charge in [0.1, 0.15) is 5.82 Å². The Morgan fingerprint density at radius 2 is 2.19 bits per heavy atom. The van der Waals surface area contributed by atoms with Crippen molar-refractivity contribution < 1.29 is 12.8 Å². The van der Waals surface area contributed by atoms with E-state index in [1.54, 1.807) is 12.1 Å². The Labute approximate surface area is 134 Å². The van der Waals surface area contributed by atoms with E-state index in [1.807, 2.05) is 6.92 Å². The van der Waals surface area contributed by atoms with Crippen LogP contribution in [0.4, 0.5) is 4.39 Å². The first-order chi connectivity index (χ1) is 9.94. The van der Waals surface area contributed by atoms with Crippen LogP contribution in [0.3, 0.4) is 0 Å². The maximum absolute atomic E-state index is 14.0. The predicted octanol–water partition coefficient (Wildman–Crippen LogP) is 3.08. The van der Waals surface area contributed by atoms with Crippen LogP contribution in [0.1, 0.15) is 31.7 Å². The highest BCUT2D eigenvalue weighted by molar-refractivity contribution is 9.10. The summed E-state index contributed by atoms with van der Waals surface area (Å²) >= 11 is 3.24. The van der Waals surface area contributed by atoms with Crippen LogP contribution in [0.15, 0.2) is 22.7 Å². The first kappa shape index (κ1) is 16.9. The maximum atomic E-state index is 14.0. The van der Waals surface area contributed by atoms with Crippen LogP contribution in [0.25, 0.3) is 0 Å². The Hall–Kier alpha value is -0.460. The lowest BCUT2D eigenvalue weighted by atomic mass is 9.99. The van der Waals surface area contributed by atoms with E-state index in [2.05, 4.69) is 21.2 Å². The zero-order valence-corrected chi connectivity index (χ0v) is 14.5. The monoisotopic (exact) mass is 377 g/mol. The van der Waals surface area contributed by atoms with Crippen molar-refractivity contribution in [2.45, 2.75) is 43.9 Å². The summed E-state index contributed by atoms with van der Waals surface area (Å²) in [6.45, 7) is 2.62. The second-order valence-corrected chi connectivity index (χ2v) is 8.76. The third-order valence-corrected chi connectivity index (χ3v) is 6.84. The van der Waals surface area contributed by atoms with Crippen molar-refractivity contribution in [3.63, 3.8) is 0 Å². The lowest BCUT2D eigenvalue weighted by Gasteiger charge is -2.31. The first-order valence-electron chi connectivity index (χ1n) is 7.33. The molecule has 1 aliphatic rings. The van der Waals surface area contributed by atoms with Crippen molar-refractivity contribution in [2.75, 3.05) is 12.3 Å². The highest BCUT2D eigenvalue weighted by Gasteiger charge is 2.35. The molecule has 1 aromatic rings. The van der Waals surface area contributed by atoms with Crippen LogP contribution in [0.2, 0.25) is 0 Å². The van der Waals surface area contributed by atoms with Gasteiger partial charge in [0.05, 0.1) is 11.0 Å². The molecule has 0 bridgehead atoms. The third-order valence-electron chi connectivity index (χ3n) is 4.00. The van der Waals surface area contributed by atoms with Crippen LogP contribution in [0.5, 0.6) is 0 Å². The average molecular weight is 378 g/mol. The summed E-state index contributed by atoms with van der Waals surface area (Å²) in [5.74, 6) is -0.0389. The molecule has 2 unspecified atom stereocenters. The SMILES string of the molecule is CCNC(Cc1ccc(Br)cc1F)C1CCCCS1(=O)=O. The lowest BCUT2D eigenvalue weighted by molar-refractivity contribution is 0.435. The summed E-state index contributed by atoms with van der Waals surface area (Å²) in [7, 11) is -3.08. The molecule has 0 amide bonds. The van der Waals surface area contributed by atoms with Crippen LogP contribution < -0.4 is 5.32 Å². The fraction of sp³-hybridized carbons (Fsp3) is 0.600. The standard InChI is InChI=1S/C15H21BrFNO2S/c1-2-18-14(15-5-3-4-8-21(15,19)20)9-11-6-7-12(16)10-13(11)17/h6-7,10,14-15,18H,2-5,8-9H2,1H3. The molecule has 2 atom stereocenters. The van der Waals surface area contributed by atoms with E-state index in [-0.39, 0.29) is 17.6 Å². The smallest absolute Gasteiger partial charge is 0.154 e. The average Bonchev–Trinajstić information content (AvgIpc) is 2.41. The van der Waals surface area contributed by atoms with Crippen molar-refractivity contribution in [3.8, 4) is 0 Å². The van der Waals surface area contributed by atoms with Gasteiger partial charge in [-0.25, -0.2) is 12.8 Å². The molecule has 0 aliphatic carbocycles. The fourth-order valence-electron chi connectivity index (χ4n) is 2.95. The minimum Gasteiger partial charge on any atom is -0.313 e. The topological polar surface area (TPSA) is 46.2 Å². The van der Waals surface area contributed by atoms with Crippen molar-refractivity contribution in [1.29, 1.82) is 0 Å². The van der Waals surface area contributed by atoms with Gasteiger partial charge in [-0.2, -0.15) is 0 Å². The molecule has 0 radical (unpaired) electrons. The van der Waals surface area contributed by atoms with E-state index >= 15 is 0 Å². The summed E-state index contributed by atoms with van der Waals surface area (Å²) < 4.78 is 39.3. The zero-order valence-electron chi connectivity index (χ0n) is 12.1. The van der Waals surface area contributed by atoms with Gasteiger partial charge in [0.15, 0.2) is 9.84 Å². The van der Waals surface area contributed by atoms with Crippen LogP contribution in [-0.4, -0.2) is 32.0 Å². The van der Waals surface area contributed by atoms with Gasteiger partial charge in [0.2, 0.25) is 0 Å². The molecule has 1 heterocycles. The van der Waals surface area contributed by atoms with Gasteiger partial charge in [0.25, 0.3) is 0 Å². The van der Waals surface area contributed by atoms with Gasteiger partial charge >= 0.3 is 0 Å². The molecule has 6 heteroatoms. The summed E-state index contributed by atoms with van der Waals surface area (Å²) in [6.07, 6.45) is 2.73. The maximum Gasteiger partial charge on any atom is 0.154 e. The highest BCUT2D eigenvalue weighted by Crippen LogP contribution is 2.25. The third kappa shape index (κ3) is 4.27. The predicted molar refractivity (Wildman–Crippen MR) is 86.7 cm³/mol. The molecular weight excluding hydrogens is 357 g/mol. The molecule has 21 heavy (non-hydrogen) atoms. The Morgan fingerprint density at radius 1 is 1.43 bits per heavy atom. The molecule has 1 N–H and O–H groups in total. The minimum absolute atomic E-state index is 0.226. The second kappa shape index (κ2) is 7.20. The number of sulfone groups is 1. The van der Waals surface area contributed by atoms with Crippen LogP contribution >= 0.6 is 15.9 Å². The van der Waals surface area contributed by atoms with Crippen molar-refractivity contribution in [3.05, 3.63) is 34.1 Å². The molecule has 1 saturated heterocycles. The molecule has 3 nitrogen and oxygen atoms in total. The van der Waals surface area contributed by atoms with E-state index < -0.39 is 15.1 Å². The quantitative estimate of drug-likeness (QED) is 0.857. The molecule has 0 spiro atoms. The van der Waals surface area contributed by atoms with Crippen molar-refractivity contribution in [1.82, 2.24) is 5.32 Å². The van der Waals surface area contributed by atoms with Crippen molar-refractivity contribution in [2.24, 2.45) is 0 Å². The normalized spacial score (nSPS) is 22.9. The highest BCUT2D eigenvalue weighted by atomic mass is 79.9. The number of hydrogen-bond donors (Lipinski definition) is 1. The van der Waals surface area contributed by atoms with Gasteiger partial charge in [0, 0.05) is 10.5 Å². The van der Waals surface area contributed by atoms with Gasteiger partial charge < -0.3 is 5.32 Å². The summed E-state index contributed by atoms with van der Waals surface area (Å²) in [5.41, 5.74) is 0.560. The Bertz CT molecular complexity index is 591. The van der Waals surface area contributed by atoms with Gasteiger partial charge in [-0.15, -0.1) is 0 Å². The van der Waals surface area contributed by atoms with Crippen LogP contribution in [0, 0.1) is 5.82 Å². The first-order valence-corrected chi connectivity index (χ1v) is 9.83. The van der Waals surface area contributed by atoms with Crippen molar-refractivity contribution >= 4 is 25.8 Å². The molecule has 1 fully saturated rings. The van der Waals surface area contributed by atoms with Gasteiger partial charge in [-0.05, 0) is 43.5 Å². The van der Waals surface area contributed by atoms with E-state index in [0.29, 0.717) is 29.4 Å². The fourth-order valence-corrected chi connectivity index (χ4v) is 5.41. The number of likely N-dealkylation sites (N-methyl/N-ethyl adjacent to an activating group) is 1. The van der Waals surface area contributed by atoms with E-state index in [4.69, 9.17) is 0 Å². The Morgan fingerprint density at radius 3 is 2.81 bits per heavy atom. The largest absolute Gasteiger partial charge is 0.313 e. The van der Waals surface area contributed by atoms with E-state index in [1.165, 1.54) is 6.07 Å². The van der Waals surface area contributed by atoms with Gasteiger partial charge in [-0.1, -0.05) is 35.3 Å². The summed E-state index contributed by atoms with van der Waals surface area (Å²) in [6, 6.07) is 4.71. The molecule has 2 rings (SSSR count). The molecule has 0 aromatic heterocycles. The Balaban J connectivity index is 2.22. The number of rotatable bonds is 5. The molecule has 118 valence electrons. The van der Waals surface area contributed by atoms with Crippen LogP contribution in [-0.2, 0) is 16.3 Å². The van der Waals surface area contributed by atoms with E-state index in [9.17, 15) is 12.8 Å². The molecule has 1 aromatic carbocycles. The number of benzene rings is 1. The zero-order chi connectivity index (χ0) is 15.5. The van der Waals surface area contributed by atoms with E-state index in [0.717, 1.165) is 12.8 Å². The molecule has 1 aliphatic heterocycles. The number of halogens is 2. The lowest BCUT2D eigenvalue weighted by Crippen LogP contribution is -2.48. The number of hydrogen-bond acceptors (Lipinski definition) is 3. The second-order valence-electron chi connectivity index (χ2n) is 5.51. The molecule has 0 saturated carbocycles. The summed E-state index contributed by atoms with van der Waals surface area (Å²) in [4.78, 5) is 0. The summed E-state index contributed by atoms with van der Waals surface area (Å²) in [5, 5.41) is 2.83. The number of nitrogens with one attached hydrogen (secondary N) is 1. The molecular formula is C15H21BrFNO2S.